The second kappa shape index (κ2) is 8.74. The fourth-order valence-electron chi connectivity index (χ4n) is 4.60. The highest BCUT2D eigenvalue weighted by Crippen LogP contribution is 2.33. The van der Waals surface area contributed by atoms with E-state index in [0.717, 1.165) is 5.39 Å². The number of nitrogens with zero attached hydrogens (tertiary/aromatic N) is 1. The van der Waals surface area contributed by atoms with Gasteiger partial charge in [0, 0.05) is 17.8 Å². The minimum absolute atomic E-state index is 0.233. The summed E-state index contributed by atoms with van der Waals surface area (Å²) in [5.41, 5.74) is 3.17. The van der Waals surface area contributed by atoms with Gasteiger partial charge in [-0.2, -0.15) is 0 Å². The van der Waals surface area contributed by atoms with Crippen LogP contribution in [0.4, 0.5) is 13.2 Å². The monoisotopic (exact) mass is 445 g/mol. The van der Waals surface area contributed by atoms with Crippen molar-refractivity contribution in [3.63, 3.8) is 0 Å². The SMILES string of the molecule is FC(F)(F)Oc1ccc2ccncc2c1.c1ccc2c(c1)ccc1c3c(ccc12)CCCC3. The summed E-state index contributed by atoms with van der Waals surface area (Å²) >= 11 is 0. The van der Waals surface area contributed by atoms with E-state index in [9.17, 15) is 13.2 Å². The van der Waals surface area contributed by atoms with Gasteiger partial charge in [0.25, 0.3) is 0 Å². The molecule has 5 heteroatoms. The number of halogens is 3. The molecule has 1 aromatic heterocycles. The minimum Gasteiger partial charge on any atom is -0.406 e. The van der Waals surface area contributed by atoms with Gasteiger partial charge in [0.15, 0.2) is 0 Å². The Morgan fingerprint density at radius 3 is 2.36 bits per heavy atom. The number of fused-ring (bicyclic) bond motifs is 6. The molecule has 0 saturated carbocycles. The number of pyridine rings is 1. The van der Waals surface area contributed by atoms with Crippen molar-refractivity contribution >= 4 is 32.3 Å². The maximum atomic E-state index is 11.9. The first-order valence-electron chi connectivity index (χ1n) is 11.0. The molecule has 166 valence electrons. The predicted octanol–water partition coefficient (Wildman–Crippen LogP) is 8.01. The van der Waals surface area contributed by atoms with Gasteiger partial charge in [-0.05, 0) is 81.9 Å². The molecule has 0 atom stereocenters. The summed E-state index contributed by atoms with van der Waals surface area (Å²) in [5, 5.41) is 7.07. The molecule has 0 unspecified atom stereocenters. The van der Waals surface area contributed by atoms with Gasteiger partial charge in [-0.3, -0.25) is 4.98 Å². The van der Waals surface area contributed by atoms with E-state index in [-0.39, 0.29) is 5.75 Å². The molecule has 1 aliphatic carbocycles. The van der Waals surface area contributed by atoms with Crippen LogP contribution in [0.5, 0.6) is 5.75 Å². The fraction of sp³-hybridized carbons (Fsp3) is 0.179. The van der Waals surface area contributed by atoms with E-state index in [1.165, 1.54) is 65.6 Å². The molecular weight excluding hydrogens is 423 g/mol. The lowest BCUT2D eigenvalue weighted by Gasteiger charge is -2.18. The van der Waals surface area contributed by atoms with E-state index >= 15 is 0 Å². The average molecular weight is 445 g/mol. The van der Waals surface area contributed by atoms with E-state index < -0.39 is 6.36 Å². The number of rotatable bonds is 1. The van der Waals surface area contributed by atoms with Gasteiger partial charge >= 0.3 is 6.36 Å². The van der Waals surface area contributed by atoms with E-state index in [0.29, 0.717) is 5.39 Å². The van der Waals surface area contributed by atoms with Crippen LogP contribution in [-0.2, 0) is 12.8 Å². The van der Waals surface area contributed by atoms with Crippen LogP contribution in [0, 0.1) is 0 Å². The first-order valence-corrected chi connectivity index (χ1v) is 11.0. The quantitative estimate of drug-likeness (QED) is 0.244. The molecule has 5 aromatic rings. The van der Waals surface area contributed by atoms with E-state index in [1.54, 1.807) is 29.5 Å². The Hall–Kier alpha value is -3.60. The fourth-order valence-corrected chi connectivity index (χ4v) is 4.60. The Kier molecular flexibility index (Phi) is 5.63. The summed E-state index contributed by atoms with van der Waals surface area (Å²) in [5.74, 6) is -0.233. The number of hydrogen-bond donors (Lipinski definition) is 0. The lowest BCUT2D eigenvalue weighted by molar-refractivity contribution is -0.274. The van der Waals surface area contributed by atoms with E-state index in [1.807, 2.05) is 0 Å². The Labute approximate surface area is 189 Å². The zero-order valence-electron chi connectivity index (χ0n) is 17.9. The van der Waals surface area contributed by atoms with Crippen LogP contribution in [0.3, 0.4) is 0 Å². The maximum Gasteiger partial charge on any atom is 0.573 e. The smallest absolute Gasteiger partial charge is 0.406 e. The largest absolute Gasteiger partial charge is 0.573 e. The molecule has 0 N–H and O–H groups in total. The lowest BCUT2D eigenvalue weighted by Crippen LogP contribution is -2.16. The first kappa shape index (κ1) is 21.3. The van der Waals surface area contributed by atoms with Gasteiger partial charge < -0.3 is 4.74 Å². The van der Waals surface area contributed by atoms with Crippen LogP contribution < -0.4 is 4.74 Å². The molecule has 33 heavy (non-hydrogen) atoms. The van der Waals surface area contributed by atoms with E-state index in [4.69, 9.17) is 0 Å². The van der Waals surface area contributed by atoms with Gasteiger partial charge in [0.05, 0.1) is 0 Å². The molecular formula is C28H22F3NO. The summed E-state index contributed by atoms with van der Waals surface area (Å²) in [6.45, 7) is 0. The van der Waals surface area contributed by atoms with Crippen LogP contribution in [0.2, 0.25) is 0 Å². The number of benzene rings is 4. The van der Waals surface area contributed by atoms with Crippen molar-refractivity contribution in [1.82, 2.24) is 4.98 Å². The highest BCUT2D eigenvalue weighted by molar-refractivity contribution is 6.08. The molecule has 0 fully saturated rings. The van der Waals surface area contributed by atoms with Gasteiger partial charge in [-0.1, -0.05) is 54.6 Å². The Bertz CT molecular complexity index is 1440. The molecule has 4 aromatic carbocycles. The Balaban J connectivity index is 0.000000141. The van der Waals surface area contributed by atoms with Crippen LogP contribution in [0.15, 0.2) is 85.2 Å². The maximum absolute atomic E-state index is 11.9. The second-order valence-corrected chi connectivity index (χ2v) is 8.22. The molecule has 0 aliphatic heterocycles. The standard InChI is InChI=1S/C18H16.C10H6F3NO/c1-3-7-15-13(5-1)9-11-18-16-8-4-2-6-14(16)10-12-17(15)18;11-10(12,13)15-9-2-1-7-3-4-14-6-8(7)5-9/h1,3,5,7,9-12H,2,4,6,8H2;1-6H. The van der Waals surface area contributed by atoms with Crippen LogP contribution >= 0.6 is 0 Å². The molecule has 0 saturated heterocycles. The molecule has 6 rings (SSSR count). The van der Waals surface area contributed by atoms with Crippen molar-refractivity contribution in [1.29, 1.82) is 0 Å². The van der Waals surface area contributed by atoms with Gasteiger partial charge in [-0.25, -0.2) is 0 Å². The number of alkyl halides is 3. The van der Waals surface area contributed by atoms with E-state index in [2.05, 4.69) is 58.3 Å². The Morgan fingerprint density at radius 1 is 0.697 bits per heavy atom. The summed E-state index contributed by atoms with van der Waals surface area (Å²) in [4.78, 5) is 3.81. The second-order valence-electron chi connectivity index (χ2n) is 8.22. The highest BCUT2D eigenvalue weighted by Gasteiger charge is 2.31. The summed E-state index contributed by atoms with van der Waals surface area (Å²) < 4.78 is 39.5. The van der Waals surface area contributed by atoms with Crippen LogP contribution in [0.25, 0.3) is 32.3 Å². The predicted molar refractivity (Wildman–Crippen MR) is 127 cm³/mol. The van der Waals surface area contributed by atoms with Crippen molar-refractivity contribution < 1.29 is 17.9 Å². The zero-order valence-corrected chi connectivity index (χ0v) is 17.9. The zero-order chi connectivity index (χ0) is 22.8. The number of ether oxygens (including phenoxy) is 1. The topological polar surface area (TPSA) is 22.1 Å². The molecule has 0 radical (unpaired) electrons. The highest BCUT2D eigenvalue weighted by atomic mass is 19.4. The van der Waals surface area contributed by atoms with Crippen molar-refractivity contribution in [2.24, 2.45) is 0 Å². The van der Waals surface area contributed by atoms with Crippen molar-refractivity contribution in [2.45, 2.75) is 32.0 Å². The summed E-state index contributed by atoms with van der Waals surface area (Å²) in [6.07, 6.45) is 3.62. The third kappa shape index (κ3) is 4.63. The average Bonchev–Trinajstić information content (AvgIpc) is 2.83. The van der Waals surface area contributed by atoms with Gasteiger partial charge in [0.2, 0.25) is 0 Å². The molecule has 1 aliphatic rings. The van der Waals surface area contributed by atoms with Crippen LogP contribution in [0.1, 0.15) is 24.0 Å². The molecule has 0 spiro atoms. The molecule has 0 amide bonds. The molecule has 2 nitrogen and oxygen atoms in total. The molecule has 1 heterocycles. The number of aromatic nitrogens is 1. The van der Waals surface area contributed by atoms with Crippen LogP contribution in [-0.4, -0.2) is 11.3 Å². The Morgan fingerprint density at radius 2 is 1.48 bits per heavy atom. The first-order chi connectivity index (χ1) is 16.0. The van der Waals surface area contributed by atoms with Crippen molar-refractivity contribution in [3.8, 4) is 5.75 Å². The minimum atomic E-state index is -4.66. The third-order valence-electron chi connectivity index (χ3n) is 6.10. The number of hydrogen-bond acceptors (Lipinski definition) is 2. The third-order valence-corrected chi connectivity index (χ3v) is 6.10. The normalized spacial score (nSPS) is 13.4. The summed E-state index contributed by atoms with van der Waals surface area (Å²) in [7, 11) is 0. The number of aryl methyl sites for hydroxylation is 2. The van der Waals surface area contributed by atoms with Gasteiger partial charge in [0.1, 0.15) is 5.75 Å². The van der Waals surface area contributed by atoms with Crippen molar-refractivity contribution in [3.05, 3.63) is 96.3 Å². The van der Waals surface area contributed by atoms with Gasteiger partial charge in [-0.15, -0.1) is 13.2 Å². The van der Waals surface area contributed by atoms with Crippen molar-refractivity contribution in [2.75, 3.05) is 0 Å². The summed E-state index contributed by atoms with van der Waals surface area (Å²) in [6, 6.07) is 23.8. The molecule has 0 bridgehead atoms. The lowest BCUT2D eigenvalue weighted by atomic mass is 9.86.